The lowest BCUT2D eigenvalue weighted by Crippen LogP contribution is -2.28. The first-order valence-electron chi connectivity index (χ1n) is 6.21. The molecular weight excluding hydrogens is 294 g/mol. The van der Waals surface area contributed by atoms with Crippen LogP contribution in [-0.2, 0) is 10.0 Å². The highest BCUT2D eigenvalue weighted by Crippen LogP contribution is 2.14. The second-order valence-corrected chi connectivity index (χ2v) is 6.27. The van der Waals surface area contributed by atoms with Crippen LogP contribution in [0, 0.1) is 0 Å². The first-order valence-corrected chi connectivity index (χ1v) is 7.69. The van der Waals surface area contributed by atoms with E-state index in [0.29, 0.717) is 11.1 Å². The lowest BCUT2D eigenvalue weighted by Gasteiger charge is -2.11. The van der Waals surface area contributed by atoms with E-state index < -0.39 is 16.1 Å². The number of aliphatic hydroxyl groups is 1. The molecule has 2 N–H and O–H groups in total. The summed E-state index contributed by atoms with van der Waals surface area (Å²) in [5.41, 5.74) is 0.928. The van der Waals surface area contributed by atoms with Crippen LogP contribution in [-0.4, -0.2) is 25.9 Å². The molecule has 2 aromatic rings. The van der Waals surface area contributed by atoms with E-state index in [1.165, 1.54) is 43.7 Å². The SMILES string of the molecule is CC(=O)c1ccc(S(=O)(=O)NC[C@H](O)c2ccoc2)cc1. The molecule has 1 aromatic heterocycles. The van der Waals surface area contributed by atoms with Gasteiger partial charge in [0, 0.05) is 17.7 Å². The summed E-state index contributed by atoms with van der Waals surface area (Å²) in [7, 11) is -3.74. The molecule has 0 fully saturated rings. The average Bonchev–Trinajstić information content (AvgIpc) is 2.99. The Balaban J connectivity index is 2.06. The molecule has 1 atom stereocenters. The Hall–Kier alpha value is -1.96. The molecule has 0 bridgehead atoms. The minimum atomic E-state index is -3.74. The fraction of sp³-hybridized carbons (Fsp3) is 0.214. The van der Waals surface area contributed by atoms with Crippen molar-refractivity contribution in [3.8, 4) is 0 Å². The van der Waals surface area contributed by atoms with Gasteiger partial charge in [-0.1, -0.05) is 12.1 Å². The number of nitrogens with one attached hydrogen (secondary N) is 1. The number of benzene rings is 1. The van der Waals surface area contributed by atoms with Crippen LogP contribution >= 0.6 is 0 Å². The molecule has 0 aliphatic heterocycles. The van der Waals surface area contributed by atoms with Crippen molar-refractivity contribution in [1.29, 1.82) is 0 Å². The minimum absolute atomic E-state index is 0.0342. The van der Waals surface area contributed by atoms with E-state index in [-0.39, 0.29) is 17.2 Å². The Labute approximate surface area is 122 Å². The maximum absolute atomic E-state index is 12.1. The van der Waals surface area contributed by atoms with E-state index in [1.807, 2.05) is 0 Å². The lowest BCUT2D eigenvalue weighted by atomic mass is 10.2. The Morgan fingerprint density at radius 2 is 1.95 bits per heavy atom. The fourth-order valence-electron chi connectivity index (χ4n) is 1.72. The monoisotopic (exact) mass is 309 g/mol. The lowest BCUT2D eigenvalue weighted by molar-refractivity contribution is 0.101. The number of furan rings is 1. The van der Waals surface area contributed by atoms with Crippen molar-refractivity contribution in [2.24, 2.45) is 0 Å². The zero-order valence-electron chi connectivity index (χ0n) is 11.3. The summed E-state index contributed by atoms with van der Waals surface area (Å²) in [6.45, 7) is 1.24. The third kappa shape index (κ3) is 3.78. The van der Waals surface area contributed by atoms with Gasteiger partial charge >= 0.3 is 0 Å². The first-order chi connectivity index (χ1) is 9.90. The molecule has 0 aliphatic carbocycles. The van der Waals surface area contributed by atoms with Crippen molar-refractivity contribution in [2.45, 2.75) is 17.9 Å². The van der Waals surface area contributed by atoms with Crippen LogP contribution in [0.4, 0.5) is 0 Å². The highest BCUT2D eigenvalue weighted by molar-refractivity contribution is 7.89. The fourth-order valence-corrected chi connectivity index (χ4v) is 2.76. The zero-order chi connectivity index (χ0) is 15.5. The van der Waals surface area contributed by atoms with Crippen LogP contribution in [0.5, 0.6) is 0 Å². The number of carbonyl (C=O) groups is 1. The van der Waals surface area contributed by atoms with Gasteiger partial charge in [-0.2, -0.15) is 0 Å². The van der Waals surface area contributed by atoms with Gasteiger partial charge < -0.3 is 9.52 Å². The summed E-state index contributed by atoms with van der Waals surface area (Å²) >= 11 is 0. The molecule has 7 heteroatoms. The average molecular weight is 309 g/mol. The molecule has 6 nitrogen and oxygen atoms in total. The predicted molar refractivity (Wildman–Crippen MR) is 75.3 cm³/mol. The maximum atomic E-state index is 12.1. The van der Waals surface area contributed by atoms with Gasteiger partial charge in [-0.05, 0) is 25.1 Å². The summed E-state index contributed by atoms with van der Waals surface area (Å²) in [6.07, 6.45) is 1.75. The number of hydrogen-bond donors (Lipinski definition) is 2. The number of aliphatic hydroxyl groups excluding tert-OH is 1. The van der Waals surface area contributed by atoms with E-state index >= 15 is 0 Å². The number of hydrogen-bond acceptors (Lipinski definition) is 5. The summed E-state index contributed by atoms with van der Waals surface area (Å²) in [5, 5.41) is 9.80. The normalized spacial score (nSPS) is 13.0. The molecule has 21 heavy (non-hydrogen) atoms. The van der Waals surface area contributed by atoms with Crippen LogP contribution in [0.2, 0.25) is 0 Å². The van der Waals surface area contributed by atoms with Gasteiger partial charge in [0.25, 0.3) is 0 Å². The van der Waals surface area contributed by atoms with Crippen molar-refractivity contribution in [3.63, 3.8) is 0 Å². The van der Waals surface area contributed by atoms with Crippen molar-refractivity contribution in [1.82, 2.24) is 4.72 Å². The standard InChI is InChI=1S/C14H15NO5S/c1-10(16)11-2-4-13(5-3-11)21(18,19)15-8-14(17)12-6-7-20-9-12/h2-7,9,14-15,17H,8H2,1H3/t14-/m0/s1. The molecule has 0 spiro atoms. The quantitative estimate of drug-likeness (QED) is 0.788. The molecular formula is C14H15NO5S. The van der Waals surface area contributed by atoms with E-state index in [9.17, 15) is 18.3 Å². The van der Waals surface area contributed by atoms with Gasteiger partial charge in [0.1, 0.15) is 0 Å². The summed E-state index contributed by atoms with van der Waals surface area (Å²) in [4.78, 5) is 11.2. The first kappa shape index (κ1) is 15.4. The maximum Gasteiger partial charge on any atom is 0.240 e. The van der Waals surface area contributed by atoms with Gasteiger partial charge in [-0.25, -0.2) is 13.1 Å². The van der Waals surface area contributed by atoms with Crippen molar-refractivity contribution in [3.05, 3.63) is 54.0 Å². The molecule has 0 unspecified atom stereocenters. The number of Topliss-reactive ketones (excluding diaryl/α,β-unsaturated/α-hetero) is 1. The highest BCUT2D eigenvalue weighted by atomic mass is 32.2. The van der Waals surface area contributed by atoms with Crippen molar-refractivity contribution >= 4 is 15.8 Å². The van der Waals surface area contributed by atoms with E-state index in [0.717, 1.165) is 0 Å². The zero-order valence-corrected chi connectivity index (χ0v) is 12.1. The Kier molecular flexibility index (Phi) is 4.56. The van der Waals surface area contributed by atoms with E-state index in [1.54, 1.807) is 6.07 Å². The van der Waals surface area contributed by atoms with Gasteiger partial charge in [0.05, 0.1) is 23.5 Å². The molecule has 0 radical (unpaired) electrons. The Morgan fingerprint density at radius 3 is 2.48 bits per heavy atom. The van der Waals surface area contributed by atoms with Crippen LogP contribution < -0.4 is 4.72 Å². The minimum Gasteiger partial charge on any atom is -0.472 e. The summed E-state index contributed by atoms with van der Waals surface area (Å²) in [6, 6.07) is 7.15. The second kappa shape index (κ2) is 6.21. The third-order valence-corrected chi connectivity index (χ3v) is 4.41. The van der Waals surface area contributed by atoms with Crippen molar-refractivity contribution < 1.29 is 22.7 Å². The van der Waals surface area contributed by atoms with Crippen LogP contribution in [0.15, 0.2) is 52.2 Å². The molecule has 1 aromatic carbocycles. The van der Waals surface area contributed by atoms with Gasteiger partial charge in [0.2, 0.25) is 10.0 Å². The molecule has 0 saturated carbocycles. The van der Waals surface area contributed by atoms with Crippen LogP contribution in [0.3, 0.4) is 0 Å². The molecule has 1 heterocycles. The Morgan fingerprint density at radius 1 is 1.29 bits per heavy atom. The van der Waals surface area contributed by atoms with Gasteiger partial charge in [-0.3, -0.25) is 4.79 Å². The second-order valence-electron chi connectivity index (χ2n) is 4.50. The molecule has 0 amide bonds. The van der Waals surface area contributed by atoms with Crippen LogP contribution in [0.1, 0.15) is 28.9 Å². The Bertz CT molecular complexity index is 704. The summed E-state index contributed by atoms with van der Waals surface area (Å²) < 4.78 is 31.2. The smallest absolute Gasteiger partial charge is 0.240 e. The molecule has 112 valence electrons. The van der Waals surface area contributed by atoms with E-state index in [4.69, 9.17) is 4.42 Å². The number of rotatable bonds is 6. The van der Waals surface area contributed by atoms with Gasteiger partial charge in [0.15, 0.2) is 5.78 Å². The van der Waals surface area contributed by atoms with Gasteiger partial charge in [-0.15, -0.1) is 0 Å². The summed E-state index contributed by atoms with van der Waals surface area (Å²) in [5.74, 6) is -0.137. The molecule has 0 aliphatic rings. The number of carbonyl (C=O) groups excluding carboxylic acids is 1. The number of ketones is 1. The van der Waals surface area contributed by atoms with Crippen molar-refractivity contribution in [2.75, 3.05) is 6.54 Å². The number of sulfonamides is 1. The highest BCUT2D eigenvalue weighted by Gasteiger charge is 2.17. The van der Waals surface area contributed by atoms with Crippen LogP contribution in [0.25, 0.3) is 0 Å². The predicted octanol–water partition coefficient (Wildman–Crippen LogP) is 1.49. The third-order valence-electron chi connectivity index (χ3n) is 2.97. The largest absolute Gasteiger partial charge is 0.472 e. The molecule has 0 saturated heterocycles. The topological polar surface area (TPSA) is 96.6 Å². The van der Waals surface area contributed by atoms with E-state index in [2.05, 4.69) is 4.72 Å². The molecule has 2 rings (SSSR count).